The highest BCUT2D eigenvalue weighted by Gasteiger charge is 2.29. The predicted molar refractivity (Wildman–Crippen MR) is 140 cm³/mol. The molecule has 0 radical (unpaired) electrons. The average Bonchev–Trinajstić information content (AvgIpc) is 2.83. The number of carbonyl (C=O) groups excluding carboxylic acids is 1. The van der Waals surface area contributed by atoms with Crippen LogP contribution in [-0.2, 0) is 22.7 Å². The second kappa shape index (κ2) is 10.4. The maximum absolute atomic E-state index is 14.9. The Morgan fingerprint density at radius 2 is 1.83 bits per heavy atom. The van der Waals surface area contributed by atoms with Crippen LogP contribution in [-0.4, -0.2) is 42.0 Å². The van der Waals surface area contributed by atoms with Crippen molar-refractivity contribution in [2.24, 2.45) is 0 Å². The number of benzene rings is 3. The normalized spacial score (nSPS) is 15.2. The highest BCUT2D eigenvalue weighted by atomic mass is 19.1. The Hall–Kier alpha value is -3.81. The highest BCUT2D eigenvalue weighted by Crippen LogP contribution is 2.30. The number of fused-ring (bicyclic) bond motifs is 1. The van der Waals surface area contributed by atoms with E-state index in [2.05, 4.69) is 34.4 Å². The minimum absolute atomic E-state index is 0.0835. The summed E-state index contributed by atoms with van der Waals surface area (Å²) in [5, 5.41) is 5.51. The molecule has 36 heavy (non-hydrogen) atoms. The van der Waals surface area contributed by atoms with Crippen LogP contribution in [0.3, 0.4) is 0 Å². The highest BCUT2D eigenvalue weighted by molar-refractivity contribution is 5.78. The molecule has 1 atom stereocenters. The first-order valence-electron chi connectivity index (χ1n) is 12.0. The third-order valence-electron chi connectivity index (χ3n) is 6.28. The van der Waals surface area contributed by atoms with Crippen LogP contribution in [0.2, 0.25) is 0 Å². The lowest BCUT2D eigenvalue weighted by atomic mass is 10.0. The standard InChI is InChI=1S/C29H29FN4O2/c1-20(35)31-16-26-19-34(36-26)25-11-12-27(28(30)14-25)23-9-7-21(8-10-23)17-33(2)18-22-13-24-5-3-4-6-29(24)32-15-22/h3-15,26H,16-19H2,1-2H3,(H,31,35)/t26-/m0/s1. The lowest BCUT2D eigenvalue weighted by molar-refractivity contribution is -0.121. The first-order valence-corrected chi connectivity index (χ1v) is 12.0. The van der Waals surface area contributed by atoms with Crippen LogP contribution in [0.4, 0.5) is 10.1 Å². The van der Waals surface area contributed by atoms with E-state index in [-0.39, 0.29) is 17.8 Å². The number of nitrogens with zero attached hydrogens (tertiary/aromatic N) is 3. The smallest absolute Gasteiger partial charge is 0.216 e. The Kier molecular flexibility index (Phi) is 6.93. The minimum Gasteiger partial charge on any atom is -0.354 e. The molecule has 7 heteroatoms. The lowest BCUT2D eigenvalue weighted by Crippen LogP contribution is -2.53. The molecule has 0 saturated carbocycles. The second-order valence-corrected chi connectivity index (χ2v) is 9.30. The molecule has 6 nitrogen and oxygen atoms in total. The number of carbonyl (C=O) groups is 1. The number of rotatable bonds is 8. The van der Waals surface area contributed by atoms with E-state index in [1.165, 1.54) is 18.6 Å². The third-order valence-corrected chi connectivity index (χ3v) is 6.28. The molecule has 1 aromatic heterocycles. The van der Waals surface area contributed by atoms with Gasteiger partial charge in [-0.05, 0) is 48.0 Å². The van der Waals surface area contributed by atoms with E-state index < -0.39 is 0 Å². The molecule has 1 saturated heterocycles. The largest absolute Gasteiger partial charge is 0.354 e. The lowest BCUT2D eigenvalue weighted by Gasteiger charge is -2.39. The van der Waals surface area contributed by atoms with Gasteiger partial charge < -0.3 is 5.32 Å². The Bertz CT molecular complexity index is 1370. The van der Waals surface area contributed by atoms with Gasteiger partial charge in [0.05, 0.1) is 17.7 Å². The molecule has 1 N–H and O–H groups in total. The van der Waals surface area contributed by atoms with E-state index in [1.54, 1.807) is 11.1 Å². The number of amides is 1. The van der Waals surface area contributed by atoms with Crippen LogP contribution >= 0.6 is 0 Å². The van der Waals surface area contributed by atoms with Crippen molar-refractivity contribution in [1.82, 2.24) is 15.2 Å². The minimum atomic E-state index is -0.296. The Morgan fingerprint density at radius 3 is 2.58 bits per heavy atom. The summed E-state index contributed by atoms with van der Waals surface area (Å²) in [7, 11) is 2.08. The van der Waals surface area contributed by atoms with Gasteiger partial charge in [0.1, 0.15) is 11.9 Å². The van der Waals surface area contributed by atoms with Gasteiger partial charge in [-0.25, -0.2) is 4.39 Å². The van der Waals surface area contributed by atoms with Gasteiger partial charge >= 0.3 is 0 Å². The van der Waals surface area contributed by atoms with Gasteiger partial charge in [-0.3, -0.25) is 24.6 Å². The van der Waals surface area contributed by atoms with Crippen LogP contribution in [0.5, 0.6) is 0 Å². The Morgan fingerprint density at radius 1 is 1.08 bits per heavy atom. The summed E-state index contributed by atoms with van der Waals surface area (Å²) in [6.45, 7) is 4.10. The number of anilines is 1. The Labute approximate surface area is 210 Å². The van der Waals surface area contributed by atoms with Gasteiger partial charge in [0.25, 0.3) is 0 Å². The molecule has 0 unspecified atom stereocenters. The van der Waals surface area contributed by atoms with Gasteiger partial charge in [-0.1, -0.05) is 42.5 Å². The van der Waals surface area contributed by atoms with Crippen LogP contribution in [0, 0.1) is 5.82 Å². The molecule has 2 heterocycles. The zero-order valence-corrected chi connectivity index (χ0v) is 20.4. The maximum atomic E-state index is 14.9. The fraction of sp³-hybridized carbons (Fsp3) is 0.241. The first-order chi connectivity index (χ1) is 17.4. The molecule has 0 bridgehead atoms. The van der Waals surface area contributed by atoms with Crippen LogP contribution in [0.15, 0.2) is 79.0 Å². The topological polar surface area (TPSA) is 57.7 Å². The number of hydroxylamine groups is 1. The van der Waals surface area contributed by atoms with Crippen molar-refractivity contribution in [3.8, 4) is 11.1 Å². The summed E-state index contributed by atoms with van der Waals surface area (Å²) in [6.07, 6.45) is 1.85. The van der Waals surface area contributed by atoms with Crippen molar-refractivity contribution in [3.63, 3.8) is 0 Å². The van der Waals surface area contributed by atoms with Gasteiger partial charge in [0.2, 0.25) is 5.91 Å². The van der Waals surface area contributed by atoms with Gasteiger partial charge in [0.15, 0.2) is 0 Å². The van der Waals surface area contributed by atoms with E-state index >= 15 is 0 Å². The van der Waals surface area contributed by atoms with Crippen molar-refractivity contribution >= 4 is 22.5 Å². The molecular weight excluding hydrogens is 455 g/mol. The van der Waals surface area contributed by atoms with Crippen molar-refractivity contribution < 1.29 is 14.0 Å². The Balaban J connectivity index is 1.18. The summed E-state index contributed by atoms with van der Waals surface area (Å²) in [4.78, 5) is 23.4. The van der Waals surface area contributed by atoms with Gasteiger partial charge in [-0.15, -0.1) is 0 Å². The zero-order valence-electron chi connectivity index (χ0n) is 20.4. The van der Waals surface area contributed by atoms with Crippen molar-refractivity contribution in [2.75, 3.05) is 25.2 Å². The molecule has 3 aromatic carbocycles. The molecule has 1 aliphatic heterocycles. The summed E-state index contributed by atoms with van der Waals surface area (Å²) in [5.74, 6) is -0.387. The van der Waals surface area contributed by atoms with Gasteiger partial charge in [-0.2, -0.15) is 0 Å². The molecule has 0 aliphatic carbocycles. The number of para-hydroxylation sites is 1. The molecule has 1 fully saturated rings. The average molecular weight is 485 g/mol. The van der Waals surface area contributed by atoms with Crippen LogP contribution in [0.25, 0.3) is 22.0 Å². The SMILES string of the molecule is CC(=O)NC[C@H]1CN(c2ccc(-c3ccc(CN(C)Cc4cnc5ccccc5c4)cc3)c(F)c2)O1. The molecule has 1 aliphatic rings. The number of halogens is 1. The number of aromatic nitrogens is 1. The quantitative estimate of drug-likeness (QED) is 0.384. The van der Waals surface area contributed by atoms with Crippen LogP contribution < -0.4 is 10.4 Å². The number of pyridine rings is 1. The number of hydrogen-bond donors (Lipinski definition) is 1. The molecular formula is C29H29FN4O2. The summed E-state index contributed by atoms with van der Waals surface area (Å²) in [5.41, 5.74) is 5.38. The van der Waals surface area contributed by atoms with E-state index in [0.29, 0.717) is 24.3 Å². The van der Waals surface area contributed by atoms with E-state index in [9.17, 15) is 9.18 Å². The predicted octanol–water partition coefficient (Wildman–Crippen LogP) is 4.93. The maximum Gasteiger partial charge on any atom is 0.216 e. The molecule has 4 aromatic rings. The monoisotopic (exact) mass is 484 g/mol. The van der Waals surface area contributed by atoms with Crippen molar-refractivity contribution in [1.29, 1.82) is 0 Å². The summed E-state index contributed by atoms with van der Waals surface area (Å²) < 4.78 is 14.9. The molecule has 184 valence electrons. The van der Waals surface area contributed by atoms with E-state index in [0.717, 1.165) is 35.1 Å². The first kappa shape index (κ1) is 23.9. The zero-order chi connectivity index (χ0) is 25.1. The second-order valence-electron chi connectivity index (χ2n) is 9.30. The third kappa shape index (κ3) is 5.53. The molecule has 1 amide bonds. The van der Waals surface area contributed by atoms with Crippen LogP contribution in [0.1, 0.15) is 18.1 Å². The summed E-state index contributed by atoms with van der Waals surface area (Å²) >= 11 is 0. The fourth-order valence-electron chi connectivity index (χ4n) is 4.45. The van der Waals surface area contributed by atoms with E-state index in [4.69, 9.17) is 4.84 Å². The van der Waals surface area contributed by atoms with E-state index in [1.807, 2.05) is 54.7 Å². The number of hydrogen-bond acceptors (Lipinski definition) is 5. The van der Waals surface area contributed by atoms with Crippen molar-refractivity contribution in [3.05, 3.63) is 95.9 Å². The molecule has 5 rings (SSSR count). The number of nitrogens with one attached hydrogen (secondary N) is 1. The fourth-order valence-corrected chi connectivity index (χ4v) is 4.45. The van der Waals surface area contributed by atoms with Crippen molar-refractivity contribution in [2.45, 2.75) is 26.1 Å². The molecule has 0 spiro atoms. The van der Waals surface area contributed by atoms with Gasteiger partial charge in [0, 0.05) is 49.8 Å². The summed E-state index contributed by atoms with van der Waals surface area (Å²) in [6, 6.07) is 23.4.